The Kier molecular flexibility index (Phi) is 17.5. The predicted octanol–water partition coefficient (Wildman–Crippen LogP) is 5.88. The maximum atomic E-state index is 7.87. The molecule has 0 saturated carbocycles. The summed E-state index contributed by atoms with van der Waals surface area (Å²) < 4.78 is 0. The van der Waals surface area contributed by atoms with Crippen LogP contribution >= 0.6 is 17.9 Å². The molecule has 2 N–H and O–H groups in total. The average Bonchev–Trinajstić information content (AvgIpc) is 3.00. The van der Waals surface area contributed by atoms with Gasteiger partial charge in [0.1, 0.15) is 0 Å². The topological polar surface area (TPSA) is 46.9 Å². The van der Waals surface area contributed by atoms with Crippen LogP contribution in [0.2, 0.25) is 0 Å². The number of unbranched alkanes of at least 4 members (excludes halogenated alkanes) is 10. The van der Waals surface area contributed by atoms with Crippen molar-refractivity contribution >= 4 is 29.7 Å². The van der Waals surface area contributed by atoms with E-state index in [0.717, 1.165) is 6.67 Å². The van der Waals surface area contributed by atoms with Gasteiger partial charge in [-0.05, 0) is 24.6 Å². The molecule has 0 aliphatic carbocycles. The lowest BCUT2D eigenvalue weighted by Gasteiger charge is -2.21. The van der Waals surface area contributed by atoms with Gasteiger partial charge in [-0.3, -0.25) is 0 Å². The highest BCUT2D eigenvalue weighted by Crippen LogP contribution is 2.39. The van der Waals surface area contributed by atoms with Crippen molar-refractivity contribution in [1.82, 2.24) is 9.80 Å². The Bertz CT molecular complexity index is 359. The lowest BCUT2D eigenvalue weighted by molar-refractivity contribution is 0.257. The molecule has 0 radical (unpaired) electrons. The van der Waals surface area contributed by atoms with Crippen molar-refractivity contribution in [2.75, 3.05) is 19.8 Å². The van der Waals surface area contributed by atoms with Gasteiger partial charge in [0, 0.05) is 25.5 Å². The first-order valence-electron chi connectivity index (χ1n) is 10.3. The molecule has 7 heteroatoms. The van der Waals surface area contributed by atoms with E-state index in [9.17, 15) is 0 Å². The lowest BCUT2D eigenvalue weighted by atomic mass is 10.1. The molecule has 0 saturated heterocycles. The first kappa shape index (κ1) is 26.3. The normalized spacial score (nSPS) is 13.9. The van der Waals surface area contributed by atoms with Crippen LogP contribution in [0.15, 0.2) is 12.4 Å². The molecule has 0 unspecified atom stereocenters. The molecule has 0 spiro atoms. The molecule has 1 heterocycles. The maximum Gasteiger partial charge on any atom is 0.239 e. The Morgan fingerprint density at radius 3 is 1.42 bits per heavy atom. The molecule has 1 rings (SSSR count). The van der Waals surface area contributed by atoms with E-state index in [1.807, 2.05) is 0 Å². The molecule has 1 aliphatic rings. The Hall–Kier alpha value is 0.260. The van der Waals surface area contributed by atoms with E-state index in [4.69, 9.17) is 9.79 Å². The van der Waals surface area contributed by atoms with Gasteiger partial charge in [0.15, 0.2) is 0 Å². The van der Waals surface area contributed by atoms with Crippen molar-refractivity contribution in [3.8, 4) is 0 Å². The Balaban J connectivity index is 0.00000110. The van der Waals surface area contributed by atoms with Crippen molar-refractivity contribution in [2.24, 2.45) is 0 Å². The minimum absolute atomic E-state index is 1.13. The third-order valence-corrected chi connectivity index (χ3v) is 4.45. The first-order valence-corrected chi connectivity index (χ1v) is 14.2. The molecule has 0 atom stereocenters. The summed E-state index contributed by atoms with van der Waals surface area (Å²) in [6, 6.07) is 0. The summed E-state index contributed by atoms with van der Waals surface area (Å²) in [5.74, 6) is 0. The molecule has 156 valence electrons. The molecule has 26 heavy (non-hydrogen) atoms. The zero-order chi connectivity index (χ0) is 19.7. The van der Waals surface area contributed by atoms with Crippen LogP contribution in [0.5, 0.6) is 0 Å². The smallest absolute Gasteiger partial charge is 0.239 e. The minimum Gasteiger partial charge on any atom is -0.359 e. The highest BCUT2D eigenvalue weighted by molar-refractivity contribution is 8.59. The quantitative estimate of drug-likeness (QED) is 0.185. The highest BCUT2D eigenvalue weighted by atomic mass is 32.9. The standard InChI is InChI=1S/C19H38N2.H3O2PS2/c1-3-5-7-9-11-13-15-20-17-18-21(19-20)16-14-12-10-8-6-4-2;1-3(2,4)5/h17-18H,3-16,19H2,1-2H3;(H3,1,2,4,5). The summed E-state index contributed by atoms with van der Waals surface area (Å²) >= 11 is 7.07. The largest absolute Gasteiger partial charge is 0.359 e. The Morgan fingerprint density at radius 1 is 0.769 bits per heavy atom. The predicted molar refractivity (Wildman–Crippen MR) is 122 cm³/mol. The van der Waals surface area contributed by atoms with E-state index in [2.05, 4.69) is 60.1 Å². The second-order valence-electron chi connectivity index (χ2n) is 7.11. The molecule has 0 bridgehead atoms. The summed E-state index contributed by atoms with van der Waals surface area (Å²) in [4.78, 5) is 20.7. The van der Waals surface area contributed by atoms with Crippen molar-refractivity contribution in [2.45, 2.75) is 90.9 Å². The van der Waals surface area contributed by atoms with Crippen LogP contribution in [0.4, 0.5) is 0 Å². The summed E-state index contributed by atoms with van der Waals surface area (Å²) in [7, 11) is 0. The SMILES string of the molecule is CCCCCCCCN1C=CN(CCCCCCCC)C1.OP(O)(=S)S. The fourth-order valence-corrected chi connectivity index (χ4v) is 3.00. The molecule has 1 aliphatic heterocycles. The van der Waals surface area contributed by atoms with Crippen LogP contribution in [0.25, 0.3) is 0 Å². The number of thiol groups is 1. The monoisotopic (exact) mass is 424 g/mol. The van der Waals surface area contributed by atoms with E-state index in [0.29, 0.717) is 0 Å². The zero-order valence-corrected chi connectivity index (χ0v) is 19.5. The minimum atomic E-state index is -3.11. The third-order valence-electron chi connectivity index (χ3n) is 4.45. The van der Waals surface area contributed by atoms with Gasteiger partial charge in [-0.2, -0.15) is 0 Å². The van der Waals surface area contributed by atoms with Crippen LogP contribution in [0.1, 0.15) is 90.9 Å². The third kappa shape index (κ3) is 20.6. The van der Waals surface area contributed by atoms with Gasteiger partial charge in [0.25, 0.3) is 0 Å². The lowest BCUT2D eigenvalue weighted by Crippen LogP contribution is -2.26. The van der Waals surface area contributed by atoms with Crippen LogP contribution in [0.3, 0.4) is 0 Å². The fraction of sp³-hybridized carbons (Fsp3) is 0.895. The van der Waals surface area contributed by atoms with Gasteiger partial charge in [0.2, 0.25) is 5.69 Å². The number of rotatable bonds is 14. The molecule has 0 amide bonds. The van der Waals surface area contributed by atoms with Crippen molar-refractivity contribution in [1.29, 1.82) is 0 Å². The summed E-state index contributed by atoms with van der Waals surface area (Å²) in [6.07, 6.45) is 21.3. The molecule has 0 aromatic carbocycles. The number of hydrogen-bond acceptors (Lipinski definition) is 3. The van der Waals surface area contributed by atoms with E-state index in [1.54, 1.807) is 0 Å². The number of nitrogens with zero attached hydrogens (tertiary/aromatic N) is 2. The van der Waals surface area contributed by atoms with Gasteiger partial charge in [-0.1, -0.05) is 90.3 Å². The van der Waals surface area contributed by atoms with Gasteiger partial charge >= 0.3 is 0 Å². The molecule has 0 aromatic rings. The number of hydrogen-bond donors (Lipinski definition) is 3. The van der Waals surface area contributed by atoms with Gasteiger partial charge in [-0.15, -0.1) is 0 Å². The van der Waals surface area contributed by atoms with Crippen molar-refractivity contribution in [3.05, 3.63) is 12.4 Å². The highest BCUT2D eigenvalue weighted by Gasteiger charge is 2.10. The first-order chi connectivity index (χ1) is 12.4. The van der Waals surface area contributed by atoms with Gasteiger partial charge in [0.05, 0.1) is 6.67 Å². The van der Waals surface area contributed by atoms with E-state index < -0.39 is 5.69 Å². The molecule has 0 aromatic heterocycles. The summed E-state index contributed by atoms with van der Waals surface area (Å²) in [5, 5.41) is 0. The molecular formula is C19H41N2O2PS2. The van der Waals surface area contributed by atoms with Crippen molar-refractivity contribution < 1.29 is 9.79 Å². The van der Waals surface area contributed by atoms with E-state index >= 15 is 0 Å². The molecule has 0 fully saturated rings. The Morgan fingerprint density at radius 2 is 1.08 bits per heavy atom. The van der Waals surface area contributed by atoms with Gasteiger partial charge in [-0.25, -0.2) is 0 Å². The molecule has 4 nitrogen and oxygen atoms in total. The van der Waals surface area contributed by atoms with Crippen molar-refractivity contribution in [3.63, 3.8) is 0 Å². The van der Waals surface area contributed by atoms with Gasteiger partial charge < -0.3 is 19.6 Å². The van der Waals surface area contributed by atoms with E-state index in [-0.39, 0.29) is 0 Å². The van der Waals surface area contributed by atoms with Crippen LogP contribution in [-0.4, -0.2) is 39.3 Å². The van der Waals surface area contributed by atoms with Crippen LogP contribution < -0.4 is 0 Å². The maximum absolute atomic E-state index is 7.87. The summed E-state index contributed by atoms with van der Waals surface area (Å²) in [6.45, 7) is 8.19. The fourth-order valence-electron chi connectivity index (χ4n) is 3.00. The van der Waals surface area contributed by atoms with Crippen LogP contribution in [0, 0.1) is 0 Å². The zero-order valence-electron chi connectivity index (χ0n) is 16.9. The second kappa shape index (κ2) is 17.4. The van der Waals surface area contributed by atoms with E-state index in [1.165, 1.54) is 90.1 Å². The summed E-state index contributed by atoms with van der Waals surface area (Å²) in [5.41, 5.74) is -3.11. The second-order valence-corrected chi connectivity index (χ2v) is 12.2. The Labute approximate surface area is 172 Å². The molecular weight excluding hydrogens is 383 g/mol. The average molecular weight is 425 g/mol. The van der Waals surface area contributed by atoms with Crippen LogP contribution in [-0.2, 0) is 11.8 Å².